The second-order valence-corrected chi connectivity index (χ2v) is 8.95. The Morgan fingerprint density at radius 1 is 1.19 bits per heavy atom. The average Bonchev–Trinajstić information content (AvgIpc) is 3.38. The monoisotopic (exact) mass is 456 g/mol. The summed E-state index contributed by atoms with van der Waals surface area (Å²) in [5, 5.41) is 0.627. The van der Waals surface area contributed by atoms with Crippen LogP contribution in [0.5, 0.6) is 0 Å². The molecule has 168 valence electrons. The van der Waals surface area contributed by atoms with Crippen molar-refractivity contribution in [3.05, 3.63) is 45.1 Å². The lowest BCUT2D eigenvalue weighted by Crippen LogP contribution is -2.38. The predicted molar refractivity (Wildman–Crippen MR) is 123 cm³/mol. The number of ether oxygens (including phenoxy) is 1. The summed E-state index contributed by atoms with van der Waals surface area (Å²) in [6.07, 6.45) is 0. The van der Waals surface area contributed by atoms with E-state index in [1.54, 1.807) is 18.8 Å². The van der Waals surface area contributed by atoms with E-state index in [1.165, 1.54) is 4.57 Å². The number of aromatic amines is 1. The van der Waals surface area contributed by atoms with Crippen molar-refractivity contribution in [2.24, 2.45) is 13.0 Å². The number of anilines is 1. The van der Waals surface area contributed by atoms with Gasteiger partial charge in [0.05, 0.1) is 13.2 Å². The molecule has 1 aliphatic heterocycles. The molecule has 1 N–H and O–H groups in total. The van der Waals surface area contributed by atoms with Crippen LogP contribution in [0.1, 0.15) is 6.92 Å². The molecule has 1 saturated heterocycles. The SMILES string of the molecule is C[C@@H](CSc1nc2ccccc2o1)Cn1c(N2CCOCC2)nc2c1c(=O)[nH]c(=O)n2C. The number of fused-ring (bicyclic) bond motifs is 2. The predicted octanol–water partition coefficient (Wildman–Crippen LogP) is 1.83. The zero-order valence-corrected chi connectivity index (χ0v) is 18.7. The number of benzene rings is 1. The van der Waals surface area contributed by atoms with Crippen molar-refractivity contribution in [3.8, 4) is 0 Å². The molecule has 0 spiro atoms. The van der Waals surface area contributed by atoms with E-state index in [-0.39, 0.29) is 5.92 Å². The van der Waals surface area contributed by atoms with E-state index in [0.717, 1.165) is 16.9 Å². The number of H-pyrrole nitrogens is 1. The molecule has 4 heterocycles. The molecule has 4 aromatic rings. The molecular weight excluding hydrogens is 432 g/mol. The standard InChI is InChI=1S/C21H24N6O4S/c1-13(12-32-21-22-14-5-3-4-6-15(14)31-21)11-27-16-17(25(2)20(29)24-18(16)28)23-19(27)26-7-9-30-10-8-26/h3-6,13H,7-12H2,1-2H3,(H,24,28,29)/t13-/m1/s1. The van der Waals surface area contributed by atoms with Crippen LogP contribution < -0.4 is 16.1 Å². The highest BCUT2D eigenvalue weighted by Gasteiger charge is 2.24. The third-order valence-corrected chi connectivity index (χ3v) is 6.70. The maximum atomic E-state index is 12.7. The minimum absolute atomic E-state index is 0.184. The lowest BCUT2D eigenvalue weighted by molar-refractivity contribution is 0.121. The summed E-state index contributed by atoms with van der Waals surface area (Å²) in [4.78, 5) is 38.6. The number of hydrogen-bond acceptors (Lipinski definition) is 8. The maximum absolute atomic E-state index is 12.7. The van der Waals surface area contributed by atoms with Gasteiger partial charge in [-0.1, -0.05) is 30.8 Å². The van der Waals surface area contributed by atoms with Crippen molar-refractivity contribution in [1.29, 1.82) is 0 Å². The van der Waals surface area contributed by atoms with Gasteiger partial charge >= 0.3 is 5.69 Å². The first-order chi connectivity index (χ1) is 15.5. The number of para-hydroxylation sites is 2. The van der Waals surface area contributed by atoms with E-state index in [1.807, 2.05) is 28.8 Å². The molecule has 11 heteroatoms. The zero-order chi connectivity index (χ0) is 22.2. The number of thioether (sulfide) groups is 1. The van der Waals surface area contributed by atoms with E-state index in [4.69, 9.17) is 14.1 Å². The molecule has 0 bridgehead atoms. The molecule has 5 rings (SSSR count). The third-order valence-electron chi connectivity index (χ3n) is 5.54. The van der Waals surface area contributed by atoms with Crippen molar-refractivity contribution in [2.75, 3.05) is 37.0 Å². The molecule has 0 unspecified atom stereocenters. The van der Waals surface area contributed by atoms with E-state index in [0.29, 0.717) is 55.2 Å². The number of aromatic nitrogens is 5. The lowest BCUT2D eigenvalue weighted by atomic mass is 10.2. The van der Waals surface area contributed by atoms with Crippen LogP contribution in [0.25, 0.3) is 22.3 Å². The minimum atomic E-state index is -0.472. The molecule has 10 nitrogen and oxygen atoms in total. The highest BCUT2D eigenvalue weighted by atomic mass is 32.2. The third kappa shape index (κ3) is 3.82. The number of nitrogens with zero attached hydrogens (tertiary/aromatic N) is 5. The number of morpholine rings is 1. The fourth-order valence-corrected chi connectivity index (χ4v) is 4.74. The summed E-state index contributed by atoms with van der Waals surface area (Å²) in [5.74, 6) is 1.62. The van der Waals surface area contributed by atoms with Gasteiger partial charge in [-0.2, -0.15) is 4.98 Å². The first-order valence-corrected chi connectivity index (χ1v) is 11.5. The Balaban J connectivity index is 1.44. The largest absolute Gasteiger partial charge is 0.431 e. The van der Waals surface area contributed by atoms with Gasteiger partial charge in [-0.05, 0) is 18.1 Å². The summed E-state index contributed by atoms with van der Waals surface area (Å²) in [6.45, 7) is 5.24. The van der Waals surface area contributed by atoms with Crippen LogP contribution in [-0.4, -0.2) is 56.1 Å². The van der Waals surface area contributed by atoms with Gasteiger partial charge < -0.3 is 18.6 Å². The highest BCUT2D eigenvalue weighted by Crippen LogP contribution is 2.27. The zero-order valence-electron chi connectivity index (χ0n) is 17.9. The van der Waals surface area contributed by atoms with Gasteiger partial charge in [0.1, 0.15) is 5.52 Å². The van der Waals surface area contributed by atoms with Gasteiger partial charge in [-0.15, -0.1) is 0 Å². The van der Waals surface area contributed by atoms with Crippen LogP contribution >= 0.6 is 11.8 Å². The molecule has 1 aliphatic rings. The fraction of sp³-hybridized carbons (Fsp3) is 0.429. The van der Waals surface area contributed by atoms with Gasteiger partial charge in [0.15, 0.2) is 16.7 Å². The van der Waals surface area contributed by atoms with Crippen molar-refractivity contribution >= 4 is 40.0 Å². The Hall–Kier alpha value is -3.05. The molecule has 1 aromatic carbocycles. The summed E-state index contributed by atoms with van der Waals surface area (Å²) >= 11 is 1.55. The molecule has 32 heavy (non-hydrogen) atoms. The van der Waals surface area contributed by atoms with Crippen molar-refractivity contribution in [1.82, 2.24) is 24.1 Å². The summed E-state index contributed by atoms with van der Waals surface area (Å²) < 4.78 is 14.6. The van der Waals surface area contributed by atoms with Crippen molar-refractivity contribution in [3.63, 3.8) is 0 Å². The molecule has 1 atom stereocenters. The molecule has 0 radical (unpaired) electrons. The van der Waals surface area contributed by atoms with Crippen LogP contribution in [0.4, 0.5) is 5.95 Å². The summed E-state index contributed by atoms with van der Waals surface area (Å²) in [5.41, 5.74) is 1.51. The highest BCUT2D eigenvalue weighted by molar-refractivity contribution is 7.99. The normalized spacial score (nSPS) is 15.6. The second kappa shape index (κ2) is 8.47. The first-order valence-electron chi connectivity index (χ1n) is 10.5. The average molecular weight is 457 g/mol. The Labute approximate surface area is 187 Å². The van der Waals surface area contributed by atoms with E-state index in [9.17, 15) is 9.59 Å². The summed E-state index contributed by atoms with van der Waals surface area (Å²) in [7, 11) is 1.62. The van der Waals surface area contributed by atoms with E-state index >= 15 is 0 Å². The molecule has 0 saturated carbocycles. The van der Waals surface area contributed by atoms with Gasteiger partial charge in [-0.25, -0.2) is 9.78 Å². The number of rotatable bonds is 6. The Morgan fingerprint density at radius 2 is 1.97 bits per heavy atom. The molecule has 3 aromatic heterocycles. The lowest BCUT2D eigenvalue weighted by Gasteiger charge is -2.28. The van der Waals surface area contributed by atoms with Crippen molar-refractivity contribution in [2.45, 2.75) is 18.7 Å². The van der Waals surface area contributed by atoms with Gasteiger partial charge in [0.2, 0.25) is 5.95 Å². The smallest absolute Gasteiger partial charge is 0.329 e. The quantitative estimate of drug-likeness (QED) is 0.438. The Kier molecular flexibility index (Phi) is 5.51. The first kappa shape index (κ1) is 20.8. The maximum Gasteiger partial charge on any atom is 0.329 e. The molecule has 0 aliphatic carbocycles. The number of aryl methyl sites for hydroxylation is 1. The topological polar surface area (TPSA) is 111 Å². The second-order valence-electron chi connectivity index (χ2n) is 7.98. The van der Waals surface area contributed by atoms with Crippen LogP contribution in [0, 0.1) is 5.92 Å². The van der Waals surface area contributed by atoms with Crippen molar-refractivity contribution < 1.29 is 9.15 Å². The number of imidazole rings is 1. The van der Waals surface area contributed by atoms with Gasteiger partial charge in [-0.3, -0.25) is 14.3 Å². The number of oxazole rings is 1. The van der Waals surface area contributed by atoms with Crippen LogP contribution in [0.3, 0.4) is 0 Å². The minimum Gasteiger partial charge on any atom is -0.431 e. The van der Waals surface area contributed by atoms with E-state index < -0.39 is 11.2 Å². The Bertz CT molecular complexity index is 1350. The Morgan fingerprint density at radius 3 is 2.75 bits per heavy atom. The molecule has 1 fully saturated rings. The molecular formula is C21H24N6O4S. The fourth-order valence-electron chi connectivity index (χ4n) is 3.89. The van der Waals surface area contributed by atoms with Crippen LogP contribution in [0.2, 0.25) is 0 Å². The van der Waals surface area contributed by atoms with Gasteiger partial charge in [0.25, 0.3) is 10.8 Å². The number of hydrogen-bond donors (Lipinski definition) is 1. The number of nitrogens with one attached hydrogen (secondary N) is 1. The van der Waals surface area contributed by atoms with Crippen LogP contribution in [0.15, 0.2) is 43.5 Å². The summed E-state index contributed by atoms with van der Waals surface area (Å²) in [6, 6.07) is 7.69. The van der Waals surface area contributed by atoms with Gasteiger partial charge in [0, 0.05) is 32.4 Å². The van der Waals surface area contributed by atoms with E-state index in [2.05, 4.69) is 21.8 Å². The van der Waals surface area contributed by atoms with Crippen LogP contribution in [-0.2, 0) is 18.3 Å². The molecule has 0 amide bonds.